The highest BCUT2D eigenvalue weighted by Gasteiger charge is 2.12. The fourth-order valence-electron chi connectivity index (χ4n) is 1.04. The van der Waals surface area contributed by atoms with Crippen LogP contribution in [0.25, 0.3) is 0 Å². The highest BCUT2D eigenvalue weighted by Crippen LogP contribution is 2.42. The predicted molar refractivity (Wildman–Crippen MR) is 58.9 cm³/mol. The molecule has 0 aromatic heterocycles. The molecule has 0 saturated carbocycles. The third-order valence-electron chi connectivity index (χ3n) is 1.98. The Labute approximate surface area is 86.9 Å². The summed E-state index contributed by atoms with van der Waals surface area (Å²) >= 11 is 0. The fraction of sp³-hybridized carbons (Fsp3) is 1.00. The number of rotatable bonds is 9. The van der Waals surface area contributed by atoms with Crippen LogP contribution in [0, 0.1) is 0 Å². The molecule has 0 aromatic rings. The van der Waals surface area contributed by atoms with E-state index >= 15 is 0 Å². The minimum atomic E-state index is -2.75. The van der Waals surface area contributed by atoms with Crippen LogP contribution in [0.5, 0.6) is 0 Å². The molecule has 0 amide bonds. The Balaban J connectivity index is 3.17. The van der Waals surface area contributed by atoms with Crippen molar-refractivity contribution in [3.8, 4) is 0 Å². The zero-order valence-corrected chi connectivity index (χ0v) is 10.3. The molecule has 86 valence electrons. The molecule has 0 bridgehead atoms. The van der Waals surface area contributed by atoms with Gasteiger partial charge in [0.15, 0.2) is 0 Å². The summed E-state index contributed by atoms with van der Waals surface area (Å²) in [5.41, 5.74) is 0. The van der Waals surface area contributed by atoms with Crippen molar-refractivity contribution >= 4 is 7.60 Å². The monoisotopic (exact) mass is 223 g/mol. The van der Waals surface area contributed by atoms with Gasteiger partial charge in [0, 0.05) is 13.8 Å². The molecule has 1 unspecified atom stereocenters. The van der Waals surface area contributed by atoms with Crippen molar-refractivity contribution in [2.45, 2.75) is 25.7 Å². The Hall–Kier alpha value is 0.110. The predicted octanol–water partition coefficient (Wildman–Crippen LogP) is 2.25. The summed E-state index contributed by atoms with van der Waals surface area (Å²) in [4.78, 5) is 0. The quantitative estimate of drug-likeness (QED) is 0.481. The summed E-state index contributed by atoms with van der Waals surface area (Å²) in [6, 6.07) is 0. The number of hydrogen-bond donors (Lipinski definition) is 1. The number of unbranched alkanes of at least 4 members (excludes halogenated alkanes) is 3. The first-order chi connectivity index (χ1) is 6.62. The van der Waals surface area contributed by atoms with Gasteiger partial charge in [0.1, 0.15) is 0 Å². The maximum Gasteiger partial charge on any atom is 0.327 e. The second kappa shape index (κ2) is 8.42. The molecular weight excluding hydrogens is 201 g/mol. The van der Waals surface area contributed by atoms with Crippen molar-refractivity contribution in [2.75, 3.05) is 34.0 Å². The molecule has 4 nitrogen and oxygen atoms in total. The molecule has 0 heterocycles. The lowest BCUT2D eigenvalue weighted by Gasteiger charge is -2.10. The lowest BCUT2D eigenvalue weighted by molar-refractivity contribution is 0.233. The number of nitrogens with one attached hydrogen (secondary N) is 1. The van der Waals surface area contributed by atoms with E-state index in [9.17, 15) is 4.57 Å². The van der Waals surface area contributed by atoms with Gasteiger partial charge < -0.3 is 14.4 Å². The van der Waals surface area contributed by atoms with Crippen LogP contribution in [0.1, 0.15) is 25.7 Å². The lowest BCUT2D eigenvalue weighted by atomic mass is 10.2. The summed E-state index contributed by atoms with van der Waals surface area (Å²) in [6.07, 6.45) is 4.44. The van der Waals surface area contributed by atoms with Crippen LogP contribution in [-0.4, -0.2) is 34.0 Å². The van der Waals surface area contributed by atoms with Crippen LogP contribution in [0.3, 0.4) is 0 Å². The van der Waals surface area contributed by atoms with E-state index in [4.69, 9.17) is 9.05 Å². The molecule has 0 rings (SSSR count). The van der Waals surface area contributed by atoms with Gasteiger partial charge in [-0.15, -0.1) is 0 Å². The smallest absolute Gasteiger partial charge is 0.320 e. The molecule has 5 heteroatoms. The maximum atomic E-state index is 11.3. The molecule has 0 radical (unpaired) electrons. The first-order valence-corrected chi connectivity index (χ1v) is 7.04. The van der Waals surface area contributed by atoms with E-state index < -0.39 is 7.60 Å². The largest absolute Gasteiger partial charge is 0.327 e. The third-order valence-corrected chi connectivity index (χ3v) is 3.29. The minimum absolute atomic E-state index is 0.529. The van der Waals surface area contributed by atoms with Crippen LogP contribution < -0.4 is 5.32 Å². The average molecular weight is 223 g/mol. The Morgan fingerprint density at radius 3 is 2.43 bits per heavy atom. The third kappa shape index (κ3) is 8.70. The van der Waals surface area contributed by atoms with E-state index in [1.165, 1.54) is 26.6 Å². The van der Waals surface area contributed by atoms with Gasteiger partial charge in [-0.2, -0.15) is 0 Å². The van der Waals surface area contributed by atoms with Gasteiger partial charge in [0.2, 0.25) is 0 Å². The Bertz CT molecular complexity index is 175. The van der Waals surface area contributed by atoms with E-state index in [2.05, 4.69) is 5.32 Å². The highest BCUT2D eigenvalue weighted by atomic mass is 31.2. The molecule has 14 heavy (non-hydrogen) atoms. The molecule has 0 aromatic carbocycles. The van der Waals surface area contributed by atoms with Gasteiger partial charge in [-0.1, -0.05) is 12.8 Å². The van der Waals surface area contributed by atoms with Crippen molar-refractivity contribution in [3.05, 3.63) is 0 Å². The van der Waals surface area contributed by atoms with Gasteiger partial charge in [-0.3, -0.25) is 4.57 Å². The van der Waals surface area contributed by atoms with Crippen molar-refractivity contribution in [3.63, 3.8) is 0 Å². The van der Waals surface area contributed by atoms with E-state index in [1.807, 2.05) is 7.05 Å². The molecule has 0 aliphatic carbocycles. The van der Waals surface area contributed by atoms with Gasteiger partial charge in [0.05, 0.1) is 6.61 Å². The topological polar surface area (TPSA) is 47.6 Å². The van der Waals surface area contributed by atoms with Gasteiger partial charge in [0.25, 0.3) is 0 Å². The maximum absolute atomic E-state index is 11.3. The summed E-state index contributed by atoms with van der Waals surface area (Å²) in [5.74, 6) is 0. The Kier molecular flexibility index (Phi) is 8.49. The van der Waals surface area contributed by atoms with Crippen molar-refractivity contribution in [1.82, 2.24) is 5.32 Å². The molecular formula is C9H22NO3P. The first-order valence-electron chi connectivity index (χ1n) is 5.05. The Morgan fingerprint density at radius 2 is 1.86 bits per heavy atom. The lowest BCUT2D eigenvalue weighted by Crippen LogP contribution is -2.07. The SMILES string of the molecule is CNCCCCCCOP(C)(=O)OC. The standard InChI is InChI=1S/C9H22NO3P/c1-10-8-6-4-5-7-9-13-14(3,11)12-2/h10H,4-9H2,1-3H3. The van der Waals surface area contributed by atoms with Crippen LogP contribution in [0.15, 0.2) is 0 Å². The normalized spacial score (nSPS) is 15.4. The van der Waals surface area contributed by atoms with E-state index in [0.717, 1.165) is 19.4 Å². The molecule has 0 aliphatic rings. The Morgan fingerprint density at radius 1 is 1.21 bits per heavy atom. The van der Waals surface area contributed by atoms with E-state index in [1.54, 1.807) is 0 Å². The average Bonchev–Trinajstić information content (AvgIpc) is 2.16. The van der Waals surface area contributed by atoms with Crippen LogP contribution in [-0.2, 0) is 13.6 Å². The molecule has 0 spiro atoms. The van der Waals surface area contributed by atoms with Crippen molar-refractivity contribution < 1.29 is 13.6 Å². The van der Waals surface area contributed by atoms with Gasteiger partial charge >= 0.3 is 7.60 Å². The van der Waals surface area contributed by atoms with Crippen LogP contribution in [0.4, 0.5) is 0 Å². The van der Waals surface area contributed by atoms with E-state index in [-0.39, 0.29) is 0 Å². The van der Waals surface area contributed by atoms with Crippen LogP contribution >= 0.6 is 7.60 Å². The fourth-order valence-corrected chi connectivity index (χ4v) is 1.61. The highest BCUT2D eigenvalue weighted by molar-refractivity contribution is 7.52. The summed E-state index contributed by atoms with van der Waals surface area (Å²) in [6.45, 7) is 3.08. The summed E-state index contributed by atoms with van der Waals surface area (Å²) in [7, 11) is 0.617. The van der Waals surface area contributed by atoms with Crippen LogP contribution in [0.2, 0.25) is 0 Å². The molecule has 1 atom stereocenters. The van der Waals surface area contributed by atoms with Crippen molar-refractivity contribution in [1.29, 1.82) is 0 Å². The molecule has 0 aliphatic heterocycles. The minimum Gasteiger partial charge on any atom is -0.320 e. The summed E-state index contributed by atoms with van der Waals surface area (Å²) < 4.78 is 21.1. The van der Waals surface area contributed by atoms with E-state index in [0.29, 0.717) is 6.61 Å². The zero-order chi connectivity index (χ0) is 10.9. The van der Waals surface area contributed by atoms with Gasteiger partial charge in [-0.25, -0.2) is 0 Å². The second-order valence-corrected chi connectivity index (χ2v) is 5.47. The first kappa shape index (κ1) is 14.1. The number of hydrogen-bond acceptors (Lipinski definition) is 4. The molecule has 0 fully saturated rings. The van der Waals surface area contributed by atoms with Crippen molar-refractivity contribution in [2.24, 2.45) is 0 Å². The molecule has 0 saturated heterocycles. The molecule has 1 N–H and O–H groups in total. The second-order valence-electron chi connectivity index (χ2n) is 3.30. The van der Waals surface area contributed by atoms with Gasteiger partial charge in [-0.05, 0) is 26.4 Å². The summed E-state index contributed by atoms with van der Waals surface area (Å²) in [5, 5.41) is 3.10. The zero-order valence-electron chi connectivity index (χ0n) is 9.41.